The standard InChI is InChI=1S/C19H23BrN2O2S.C17H19BrN2O2S.CH3I.CH4/c1-4-12-7-8-18(10-12)11-19(16(23)22(2)17(21-19)25-3)14-9-13(20)5-6-15(14)24-18;1-2-10-5-6-16(8-10)9-17(14(21)19-15(23)20-17)12-7-11(18)3-4-13(12)22-16;1-2;/h5-6,9,12H,4,7-8,10-11H2,1-3H3;3-4,7,10H,2,5-6,8-9H2,1H3,(H2,19,20,21,23);1H3;1H4. The molecule has 278 valence electrons. The second-order valence-corrected chi connectivity index (χ2v) is 17.4. The maximum Gasteiger partial charge on any atom is 0.261 e. The van der Waals surface area contributed by atoms with Gasteiger partial charge >= 0.3 is 0 Å². The van der Waals surface area contributed by atoms with Crippen LogP contribution in [0.25, 0.3) is 0 Å². The van der Waals surface area contributed by atoms with E-state index in [1.165, 1.54) is 24.6 Å². The van der Waals surface area contributed by atoms with E-state index in [0.717, 1.165) is 75.3 Å². The van der Waals surface area contributed by atoms with Gasteiger partial charge < -0.3 is 20.1 Å². The number of hydrogen-bond donors (Lipinski definition) is 2. The summed E-state index contributed by atoms with van der Waals surface area (Å²) in [5, 5.41) is 7.23. The van der Waals surface area contributed by atoms with Crippen LogP contribution in [0.3, 0.4) is 0 Å². The molecule has 6 atom stereocenters. The number of carbonyl (C=O) groups excluding carboxylic acids is 2. The third-order valence-corrected chi connectivity index (χ3v) is 13.4. The number of fused-ring (bicyclic) bond motifs is 4. The normalized spacial score (nSPS) is 32.5. The van der Waals surface area contributed by atoms with Gasteiger partial charge in [-0.15, -0.1) is 0 Å². The molecule has 2 saturated carbocycles. The zero-order chi connectivity index (χ0) is 36.1. The Bertz CT molecular complexity index is 1730. The SMILES string of the molecule is C.CCC1CCC2(C1)CC1(N=C(SC)N(C)C1=O)c1cc(Br)ccc1O2.CCC1CCC2(C1)CC1(NC(=S)NC1=O)c1cc(Br)ccc1O2.CI. The summed E-state index contributed by atoms with van der Waals surface area (Å²) >= 11 is 16.0. The summed E-state index contributed by atoms with van der Waals surface area (Å²) < 4.78 is 14.9. The summed E-state index contributed by atoms with van der Waals surface area (Å²) in [6.07, 6.45) is 11.9. The van der Waals surface area contributed by atoms with Gasteiger partial charge in [-0.2, -0.15) is 0 Å². The summed E-state index contributed by atoms with van der Waals surface area (Å²) in [4.78, 5) is 34.8. The second kappa shape index (κ2) is 15.7. The van der Waals surface area contributed by atoms with E-state index >= 15 is 0 Å². The summed E-state index contributed by atoms with van der Waals surface area (Å²) in [5.41, 5.74) is -0.422. The number of aliphatic imine (C=N–C) groups is 1. The lowest BCUT2D eigenvalue weighted by Crippen LogP contribution is -2.55. The number of carbonyl (C=O) groups is 2. The van der Waals surface area contributed by atoms with E-state index in [0.29, 0.717) is 29.8 Å². The molecule has 2 amide bonds. The molecule has 13 heteroatoms. The minimum Gasteiger partial charge on any atom is -0.487 e. The van der Waals surface area contributed by atoms with E-state index in [-0.39, 0.29) is 30.4 Å². The first-order valence-electron chi connectivity index (χ1n) is 17.3. The second-order valence-electron chi connectivity index (χ2n) is 14.4. The molecular formula is C38H49Br2IN4O4S2. The monoisotopic (exact) mass is 974 g/mol. The van der Waals surface area contributed by atoms with E-state index in [9.17, 15) is 9.59 Å². The van der Waals surface area contributed by atoms with Gasteiger partial charge in [0.15, 0.2) is 21.4 Å². The lowest BCUT2D eigenvalue weighted by atomic mass is 9.75. The third kappa shape index (κ3) is 7.25. The molecule has 6 unspecified atom stereocenters. The maximum absolute atomic E-state index is 13.3. The van der Waals surface area contributed by atoms with Crippen molar-refractivity contribution in [3.8, 4) is 11.5 Å². The Morgan fingerprint density at radius 1 is 0.941 bits per heavy atom. The first-order chi connectivity index (χ1) is 23.9. The van der Waals surface area contributed by atoms with E-state index < -0.39 is 11.1 Å². The molecule has 51 heavy (non-hydrogen) atoms. The molecule has 3 fully saturated rings. The molecule has 8 rings (SSSR count). The number of hydrogen-bond acceptors (Lipinski definition) is 7. The Balaban J connectivity index is 0.000000186. The molecule has 2 aliphatic carbocycles. The topological polar surface area (TPSA) is 92.3 Å². The van der Waals surface area contributed by atoms with Crippen molar-refractivity contribution in [2.45, 2.75) is 108 Å². The fraction of sp³-hybridized carbons (Fsp3) is 0.579. The minimum absolute atomic E-state index is 0. The predicted octanol–water partition coefficient (Wildman–Crippen LogP) is 9.63. The van der Waals surface area contributed by atoms with Gasteiger partial charge in [-0.05, 0) is 110 Å². The van der Waals surface area contributed by atoms with Crippen LogP contribution in [-0.4, -0.2) is 56.4 Å². The van der Waals surface area contributed by atoms with Gasteiger partial charge in [0.25, 0.3) is 11.8 Å². The van der Waals surface area contributed by atoms with Gasteiger partial charge in [-0.3, -0.25) is 14.5 Å². The summed E-state index contributed by atoms with van der Waals surface area (Å²) in [6.45, 7) is 4.47. The Labute approximate surface area is 343 Å². The number of nitrogens with one attached hydrogen (secondary N) is 2. The number of amides is 2. The van der Waals surface area contributed by atoms with Crippen molar-refractivity contribution in [2.75, 3.05) is 18.2 Å². The Kier molecular flexibility index (Phi) is 12.6. The van der Waals surface area contributed by atoms with Gasteiger partial charge in [-0.1, -0.05) is 100 Å². The highest BCUT2D eigenvalue weighted by molar-refractivity contribution is 14.1. The Morgan fingerprint density at radius 2 is 1.47 bits per heavy atom. The molecule has 4 spiro atoms. The molecule has 0 bridgehead atoms. The molecule has 0 aromatic heterocycles. The quantitative estimate of drug-likeness (QED) is 0.176. The smallest absolute Gasteiger partial charge is 0.261 e. The van der Waals surface area contributed by atoms with E-state index in [2.05, 4.69) is 78.9 Å². The van der Waals surface area contributed by atoms with Gasteiger partial charge in [0.2, 0.25) is 0 Å². The summed E-state index contributed by atoms with van der Waals surface area (Å²) in [6, 6.07) is 11.9. The highest BCUT2D eigenvalue weighted by atomic mass is 127. The van der Waals surface area contributed by atoms with Crippen molar-refractivity contribution in [3.63, 3.8) is 0 Å². The predicted molar refractivity (Wildman–Crippen MR) is 227 cm³/mol. The first kappa shape index (κ1) is 40.8. The molecule has 6 aliphatic rings. The Hall–Kier alpha value is -1.42. The summed E-state index contributed by atoms with van der Waals surface area (Å²) in [7, 11) is 1.83. The minimum atomic E-state index is -0.840. The number of thioether (sulfide) groups is 1. The molecular weight excluding hydrogens is 927 g/mol. The van der Waals surface area contributed by atoms with Crippen molar-refractivity contribution < 1.29 is 19.1 Å². The van der Waals surface area contributed by atoms with Crippen molar-refractivity contribution in [3.05, 3.63) is 56.5 Å². The van der Waals surface area contributed by atoms with E-state index in [1.807, 2.05) is 54.6 Å². The van der Waals surface area contributed by atoms with Crippen LogP contribution in [-0.2, 0) is 20.7 Å². The molecule has 2 aromatic rings. The number of amidine groups is 1. The fourth-order valence-electron chi connectivity index (χ4n) is 9.05. The lowest BCUT2D eigenvalue weighted by molar-refractivity contribution is -0.134. The third-order valence-electron chi connectivity index (χ3n) is 11.5. The summed E-state index contributed by atoms with van der Waals surface area (Å²) in [5.74, 6) is 2.96. The van der Waals surface area contributed by atoms with E-state index in [4.69, 9.17) is 26.7 Å². The maximum atomic E-state index is 13.3. The molecule has 0 radical (unpaired) electrons. The van der Waals surface area contributed by atoms with Crippen LogP contribution in [0.1, 0.15) is 96.6 Å². The van der Waals surface area contributed by atoms with Crippen LogP contribution in [0.5, 0.6) is 11.5 Å². The highest BCUT2D eigenvalue weighted by Crippen LogP contribution is 2.56. The zero-order valence-corrected chi connectivity index (χ0v) is 36.1. The van der Waals surface area contributed by atoms with E-state index in [1.54, 1.807) is 4.90 Å². The number of benzene rings is 2. The largest absolute Gasteiger partial charge is 0.487 e. The van der Waals surface area contributed by atoms with Gasteiger partial charge in [0, 0.05) is 40.0 Å². The van der Waals surface area contributed by atoms with Crippen molar-refractivity contribution in [2.24, 2.45) is 16.8 Å². The van der Waals surface area contributed by atoms with Crippen molar-refractivity contribution in [1.82, 2.24) is 15.5 Å². The molecule has 8 nitrogen and oxygen atoms in total. The zero-order valence-electron chi connectivity index (χ0n) is 29.2. The van der Waals surface area contributed by atoms with Crippen LogP contribution in [0, 0.1) is 11.8 Å². The van der Waals surface area contributed by atoms with Crippen LogP contribution in [0.4, 0.5) is 0 Å². The van der Waals surface area contributed by atoms with Gasteiger partial charge in [-0.25, -0.2) is 4.99 Å². The number of nitrogens with zero attached hydrogens (tertiary/aromatic N) is 2. The van der Waals surface area contributed by atoms with Gasteiger partial charge in [0.05, 0.1) is 0 Å². The van der Waals surface area contributed by atoms with Crippen LogP contribution < -0.4 is 20.1 Å². The van der Waals surface area contributed by atoms with Crippen LogP contribution in [0.2, 0.25) is 0 Å². The molecule has 2 N–H and O–H groups in total. The average Bonchev–Trinajstić information content (AvgIpc) is 3.83. The van der Waals surface area contributed by atoms with Crippen molar-refractivity contribution >= 4 is 101 Å². The molecule has 4 aliphatic heterocycles. The van der Waals surface area contributed by atoms with Crippen LogP contribution in [0.15, 0.2) is 50.3 Å². The molecule has 4 heterocycles. The molecule has 1 saturated heterocycles. The number of rotatable bonds is 2. The average molecular weight is 977 g/mol. The van der Waals surface area contributed by atoms with Crippen LogP contribution >= 0.6 is 78.4 Å². The molecule has 2 aromatic carbocycles. The van der Waals surface area contributed by atoms with Crippen molar-refractivity contribution in [1.29, 1.82) is 0 Å². The number of halogens is 3. The number of likely N-dealkylation sites (N-methyl/N-ethyl adjacent to an activating group) is 1. The number of alkyl halides is 1. The van der Waals surface area contributed by atoms with Gasteiger partial charge in [0.1, 0.15) is 22.7 Å². The fourth-order valence-corrected chi connectivity index (χ4v) is 10.6. The number of thiocarbonyl (C=S) groups is 1. The Morgan fingerprint density at radius 3 is 1.94 bits per heavy atom. The lowest BCUT2D eigenvalue weighted by Gasteiger charge is -2.44. The first-order valence-corrected chi connectivity index (χ1v) is 22.7. The highest BCUT2D eigenvalue weighted by Gasteiger charge is 2.60. The number of ether oxygens (including phenoxy) is 2.